The fraction of sp³-hybridized carbons (Fsp3) is 0.406. The van der Waals surface area contributed by atoms with Crippen molar-refractivity contribution in [3.8, 4) is 22.6 Å². The lowest BCUT2D eigenvalue weighted by molar-refractivity contribution is -0.138. The number of aryl methyl sites for hydroxylation is 2. The number of carboxylic acid groups (broad SMARTS) is 1. The minimum atomic E-state index is -3.15. The second kappa shape index (κ2) is 10.8. The Bertz CT molecular complexity index is 1580. The van der Waals surface area contributed by atoms with Crippen LogP contribution in [0.15, 0.2) is 48.5 Å². The Kier molecular flexibility index (Phi) is 7.28. The molecule has 0 radical (unpaired) electrons. The lowest BCUT2D eigenvalue weighted by Crippen LogP contribution is -2.30. The number of aliphatic carboxylic acids is 1. The number of nitrogens with zero attached hydrogens (tertiary/aromatic N) is 1. The van der Waals surface area contributed by atoms with E-state index in [1.165, 1.54) is 10.4 Å². The number of rotatable bonds is 9. The van der Waals surface area contributed by atoms with Crippen molar-refractivity contribution in [2.24, 2.45) is 5.92 Å². The van der Waals surface area contributed by atoms with Crippen LogP contribution < -0.4 is 9.47 Å². The van der Waals surface area contributed by atoms with Crippen LogP contribution >= 0.6 is 0 Å². The van der Waals surface area contributed by atoms with Crippen molar-refractivity contribution in [1.29, 1.82) is 0 Å². The fourth-order valence-corrected chi connectivity index (χ4v) is 7.97. The molecular formula is C32H34FNO6S. The maximum absolute atomic E-state index is 15.2. The van der Waals surface area contributed by atoms with Gasteiger partial charge in [-0.2, -0.15) is 4.31 Å². The van der Waals surface area contributed by atoms with Crippen LogP contribution in [-0.4, -0.2) is 49.2 Å². The normalized spacial score (nSPS) is 22.9. The Morgan fingerprint density at radius 3 is 2.44 bits per heavy atom. The lowest BCUT2D eigenvalue weighted by atomic mass is 9.90. The maximum atomic E-state index is 15.2. The first kappa shape index (κ1) is 27.7. The number of fused-ring (bicyclic) bond motifs is 1. The average molecular weight is 580 g/mol. The monoisotopic (exact) mass is 579 g/mol. The molecule has 6 rings (SSSR count). The maximum Gasteiger partial charge on any atom is 0.307 e. The highest BCUT2D eigenvalue weighted by Crippen LogP contribution is 2.48. The first-order valence-corrected chi connectivity index (χ1v) is 15.8. The highest BCUT2D eigenvalue weighted by molar-refractivity contribution is 7.89. The van der Waals surface area contributed by atoms with E-state index in [0.29, 0.717) is 55.8 Å². The van der Waals surface area contributed by atoms with Crippen LogP contribution in [-0.2, 0) is 21.2 Å². The van der Waals surface area contributed by atoms with Gasteiger partial charge in [0.05, 0.1) is 11.7 Å². The van der Waals surface area contributed by atoms with Gasteiger partial charge in [0.25, 0.3) is 0 Å². The van der Waals surface area contributed by atoms with Gasteiger partial charge in [0.2, 0.25) is 10.0 Å². The third-order valence-electron chi connectivity index (χ3n) is 8.56. The summed E-state index contributed by atoms with van der Waals surface area (Å²) in [4.78, 5) is 11.2. The molecule has 2 aliphatic carbocycles. The van der Waals surface area contributed by atoms with Crippen molar-refractivity contribution in [2.45, 2.75) is 51.6 Å². The minimum Gasteiger partial charge on any atom is -0.492 e. The molecule has 9 heteroatoms. The van der Waals surface area contributed by atoms with Crippen molar-refractivity contribution >= 4 is 16.0 Å². The number of carboxylic acids is 1. The number of benzene rings is 3. The Morgan fingerprint density at radius 1 is 1.07 bits per heavy atom. The molecular weight excluding hydrogens is 545 g/mol. The largest absolute Gasteiger partial charge is 0.492 e. The van der Waals surface area contributed by atoms with Crippen LogP contribution in [0.3, 0.4) is 0 Å². The molecule has 1 heterocycles. The fourth-order valence-electron chi connectivity index (χ4n) is 6.46. The topological polar surface area (TPSA) is 93.1 Å². The van der Waals surface area contributed by atoms with E-state index < -0.39 is 22.1 Å². The predicted octanol–water partition coefficient (Wildman–Crippen LogP) is 5.78. The second-order valence-corrected chi connectivity index (χ2v) is 13.4. The first-order valence-electron chi connectivity index (χ1n) is 14.2. The van der Waals surface area contributed by atoms with Gasteiger partial charge in [0.15, 0.2) is 0 Å². The van der Waals surface area contributed by atoms with Crippen LogP contribution in [0.1, 0.15) is 59.1 Å². The van der Waals surface area contributed by atoms with E-state index in [0.717, 1.165) is 33.4 Å². The molecule has 0 spiro atoms. The summed E-state index contributed by atoms with van der Waals surface area (Å²) in [7, 11) is -3.15. The molecule has 1 N–H and O–H groups in total. The van der Waals surface area contributed by atoms with Crippen molar-refractivity contribution in [1.82, 2.24) is 4.31 Å². The van der Waals surface area contributed by atoms with Gasteiger partial charge in [-0.25, -0.2) is 12.8 Å². The molecule has 7 nitrogen and oxygen atoms in total. The summed E-state index contributed by atoms with van der Waals surface area (Å²) in [6.45, 7) is 5.18. The molecule has 2 fully saturated rings. The number of hydrogen-bond acceptors (Lipinski definition) is 5. The molecule has 0 aromatic heterocycles. The van der Waals surface area contributed by atoms with E-state index in [1.54, 1.807) is 0 Å². The zero-order valence-electron chi connectivity index (χ0n) is 23.2. The first-order chi connectivity index (χ1) is 19.6. The lowest BCUT2D eigenvalue weighted by Gasteiger charge is -2.19. The van der Waals surface area contributed by atoms with Gasteiger partial charge in [0.1, 0.15) is 30.0 Å². The van der Waals surface area contributed by atoms with Gasteiger partial charge in [0, 0.05) is 18.7 Å². The summed E-state index contributed by atoms with van der Waals surface area (Å²) < 4.78 is 53.0. The van der Waals surface area contributed by atoms with Crippen LogP contribution in [0.4, 0.5) is 4.39 Å². The van der Waals surface area contributed by atoms with Crippen LogP contribution in [0.5, 0.6) is 11.5 Å². The Morgan fingerprint density at radius 2 is 1.80 bits per heavy atom. The smallest absolute Gasteiger partial charge is 0.307 e. The van der Waals surface area contributed by atoms with E-state index in [2.05, 4.69) is 0 Å². The Hall–Kier alpha value is -3.43. The highest BCUT2D eigenvalue weighted by atomic mass is 32.2. The van der Waals surface area contributed by atoms with Gasteiger partial charge in [-0.1, -0.05) is 18.2 Å². The van der Waals surface area contributed by atoms with Crippen molar-refractivity contribution < 1.29 is 32.2 Å². The molecule has 3 aromatic rings. The predicted molar refractivity (Wildman–Crippen MR) is 153 cm³/mol. The van der Waals surface area contributed by atoms with Crippen LogP contribution in [0, 0.1) is 25.6 Å². The van der Waals surface area contributed by atoms with Crippen LogP contribution in [0.25, 0.3) is 11.1 Å². The summed E-state index contributed by atoms with van der Waals surface area (Å²) in [6, 6.07) is 14.8. The van der Waals surface area contributed by atoms with E-state index in [4.69, 9.17) is 9.47 Å². The molecule has 0 amide bonds. The Labute approximate surface area is 240 Å². The second-order valence-electron chi connectivity index (χ2n) is 11.3. The highest BCUT2D eigenvalue weighted by Gasteiger charge is 2.44. The zero-order chi connectivity index (χ0) is 28.9. The standard InChI is InChI=1S/C32H34FNO6S/c1-19-16-23(39-14-13-34-12-3-15-41(34,37)38)17-20(2)30(19)24-8-10-28(33)31-25(24)9-11-29(31)40-22-6-4-21(5-7-22)26-18-27(26)32(35)36/h4-8,10,16-17,26-27,29H,3,9,11-15,18H2,1-2H3,(H,35,36)/t26-,27+,29-/m1/s1. The molecule has 1 aliphatic heterocycles. The number of carbonyl (C=O) groups is 1. The van der Waals surface area contributed by atoms with E-state index >= 15 is 4.39 Å². The van der Waals surface area contributed by atoms with E-state index in [1.807, 2.05) is 56.3 Å². The third-order valence-corrected chi connectivity index (χ3v) is 10.5. The van der Waals surface area contributed by atoms with Crippen molar-refractivity contribution in [3.05, 3.63) is 82.2 Å². The summed E-state index contributed by atoms with van der Waals surface area (Å²) in [6.07, 6.45) is 2.26. The number of halogens is 1. The molecule has 3 aromatic carbocycles. The molecule has 3 atom stereocenters. The van der Waals surface area contributed by atoms with Crippen LogP contribution in [0.2, 0.25) is 0 Å². The Balaban J connectivity index is 1.18. The molecule has 1 saturated heterocycles. The molecule has 1 saturated carbocycles. The van der Waals surface area contributed by atoms with E-state index in [9.17, 15) is 18.3 Å². The molecule has 41 heavy (non-hydrogen) atoms. The molecule has 216 valence electrons. The number of ether oxygens (including phenoxy) is 2. The zero-order valence-corrected chi connectivity index (χ0v) is 24.0. The minimum absolute atomic E-state index is 0.0539. The van der Waals surface area contributed by atoms with Gasteiger partial charge in [-0.05, 0) is 109 Å². The number of sulfonamides is 1. The number of hydrogen-bond donors (Lipinski definition) is 1. The molecule has 0 bridgehead atoms. The van der Waals surface area contributed by atoms with Crippen molar-refractivity contribution in [3.63, 3.8) is 0 Å². The summed E-state index contributed by atoms with van der Waals surface area (Å²) in [5, 5.41) is 9.20. The average Bonchev–Trinajstić information content (AvgIpc) is 3.51. The van der Waals surface area contributed by atoms with Crippen molar-refractivity contribution in [2.75, 3.05) is 25.4 Å². The van der Waals surface area contributed by atoms with Gasteiger partial charge < -0.3 is 14.6 Å². The SMILES string of the molecule is Cc1cc(OCCN2CCCS2(=O)=O)cc(C)c1-c1ccc(F)c2c1CC[C@H]2Oc1ccc([C@H]2C[C@@H]2C(=O)O)cc1. The summed E-state index contributed by atoms with van der Waals surface area (Å²) in [5.41, 5.74) is 6.56. The van der Waals surface area contributed by atoms with Gasteiger partial charge in [-0.3, -0.25) is 4.79 Å². The van der Waals surface area contributed by atoms with Gasteiger partial charge in [-0.15, -0.1) is 0 Å². The molecule has 0 unspecified atom stereocenters. The van der Waals surface area contributed by atoms with E-state index in [-0.39, 0.29) is 30.0 Å². The third kappa shape index (κ3) is 5.45. The molecule has 3 aliphatic rings. The summed E-state index contributed by atoms with van der Waals surface area (Å²) in [5.74, 6) is 0.235. The summed E-state index contributed by atoms with van der Waals surface area (Å²) >= 11 is 0. The quantitative estimate of drug-likeness (QED) is 0.346. The van der Waals surface area contributed by atoms with Gasteiger partial charge >= 0.3 is 5.97 Å².